The molecule has 1 N–H and O–H groups in total. The summed E-state index contributed by atoms with van der Waals surface area (Å²) < 4.78 is 34.7. The highest BCUT2D eigenvalue weighted by atomic mass is 35.5. The Hall–Kier alpha value is -4.34. The first-order valence-corrected chi connectivity index (χ1v) is 17.2. The van der Waals surface area contributed by atoms with E-state index in [9.17, 15) is 18.0 Å². The molecule has 8 nitrogen and oxygen atoms in total. The Morgan fingerprint density at radius 2 is 1.50 bits per heavy atom. The number of para-hydroxylation sites is 1. The molecule has 0 radical (unpaired) electrons. The Morgan fingerprint density at radius 1 is 0.870 bits per heavy atom. The van der Waals surface area contributed by atoms with Crippen molar-refractivity contribution < 1.29 is 22.7 Å². The summed E-state index contributed by atoms with van der Waals surface area (Å²) in [6.07, 6.45) is 4.06. The Bertz CT molecular complexity index is 1730. The number of halogens is 1. The summed E-state index contributed by atoms with van der Waals surface area (Å²) in [5.74, 6) is -0.226. The molecule has 4 aromatic carbocycles. The molecule has 1 saturated carbocycles. The molecule has 0 spiro atoms. The number of carbonyl (C=O) groups excluding carboxylic acids is 2. The zero-order chi connectivity index (χ0) is 32.5. The lowest BCUT2D eigenvalue weighted by Crippen LogP contribution is -2.54. The normalized spacial score (nSPS) is 14.0. The molecule has 0 aliphatic heterocycles. The van der Waals surface area contributed by atoms with E-state index in [1.165, 1.54) is 17.0 Å². The molecule has 0 heterocycles. The maximum absolute atomic E-state index is 14.6. The third kappa shape index (κ3) is 8.08. The Labute approximate surface area is 276 Å². The van der Waals surface area contributed by atoms with Crippen LogP contribution in [0.25, 0.3) is 0 Å². The second kappa shape index (κ2) is 15.3. The highest BCUT2D eigenvalue weighted by Gasteiger charge is 2.36. The SMILES string of the molecule is COc1cccc(CN(C(=O)CN(c2ccccc2Cl)S(=O)(=O)c2ccccc2)C(Cc2ccccc2)C(=O)NC2CCCC2)c1. The molecule has 46 heavy (non-hydrogen) atoms. The number of benzene rings is 4. The minimum absolute atomic E-state index is 0.0156. The van der Waals surface area contributed by atoms with E-state index in [-0.39, 0.29) is 40.5 Å². The summed E-state index contributed by atoms with van der Waals surface area (Å²) in [7, 11) is -2.67. The number of hydrogen-bond donors (Lipinski definition) is 1. The van der Waals surface area contributed by atoms with Gasteiger partial charge in [-0.25, -0.2) is 8.42 Å². The van der Waals surface area contributed by atoms with E-state index in [4.69, 9.17) is 16.3 Å². The fraction of sp³-hybridized carbons (Fsp3) is 0.278. The maximum Gasteiger partial charge on any atom is 0.264 e. The molecular weight excluding hydrogens is 622 g/mol. The van der Waals surface area contributed by atoms with Crippen LogP contribution >= 0.6 is 11.6 Å². The van der Waals surface area contributed by atoms with Crippen LogP contribution < -0.4 is 14.4 Å². The molecule has 4 aromatic rings. The Morgan fingerprint density at radius 3 is 2.17 bits per heavy atom. The van der Waals surface area contributed by atoms with Crippen LogP contribution in [-0.2, 0) is 32.6 Å². The highest BCUT2D eigenvalue weighted by molar-refractivity contribution is 7.92. The molecule has 1 aliphatic carbocycles. The summed E-state index contributed by atoms with van der Waals surface area (Å²) in [6, 6.07) is 30.3. The Balaban J connectivity index is 1.58. The average Bonchev–Trinajstić information content (AvgIpc) is 3.59. The number of methoxy groups -OCH3 is 1. The molecule has 10 heteroatoms. The number of hydrogen-bond acceptors (Lipinski definition) is 5. The minimum Gasteiger partial charge on any atom is -0.497 e. The summed E-state index contributed by atoms with van der Waals surface area (Å²) >= 11 is 6.55. The van der Waals surface area contributed by atoms with Gasteiger partial charge in [-0.1, -0.05) is 97.2 Å². The largest absolute Gasteiger partial charge is 0.497 e. The predicted molar refractivity (Wildman–Crippen MR) is 180 cm³/mol. The summed E-state index contributed by atoms with van der Waals surface area (Å²) in [4.78, 5) is 30.2. The number of nitrogens with one attached hydrogen (secondary N) is 1. The molecule has 2 amide bonds. The van der Waals surface area contributed by atoms with Crippen LogP contribution in [0.1, 0.15) is 36.8 Å². The van der Waals surface area contributed by atoms with Crippen molar-refractivity contribution in [2.75, 3.05) is 18.0 Å². The standard InChI is InChI=1S/C36H38ClN3O5S/c1-45-30-18-12-15-28(23-30)25-39(34(24-27-13-4-2-5-14-27)36(42)38-29-16-8-9-17-29)35(41)26-40(33-22-11-10-21-32(33)37)46(43,44)31-19-6-3-7-20-31/h2-7,10-15,18-23,29,34H,8-9,16-17,24-26H2,1H3,(H,38,42). The lowest BCUT2D eigenvalue weighted by atomic mass is 10.0. The van der Waals surface area contributed by atoms with Crippen molar-refractivity contribution >= 4 is 39.1 Å². The molecule has 0 aromatic heterocycles. The van der Waals surface area contributed by atoms with Crippen LogP contribution in [0.5, 0.6) is 5.75 Å². The number of sulfonamides is 1. The number of carbonyl (C=O) groups is 2. The molecular formula is C36H38ClN3O5S. The molecule has 0 saturated heterocycles. The van der Waals surface area contributed by atoms with Gasteiger partial charge < -0.3 is 15.0 Å². The van der Waals surface area contributed by atoms with Gasteiger partial charge >= 0.3 is 0 Å². The summed E-state index contributed by atoms with van der Waals surface area (Å²) in [6.45, 7) is -0.527. The topological polar surface area (TPSA) is 96.0 Å². The van der Waals surface area contributed by atoms with Crippen molar-refractivity contribution in [3.63, 3.8) is 0 Å². The number of ether oxygens (including phenoxy) is 1. The van der Waals surface area contributed by atoms with Gasteiger partial charge in [-0.15, -0.1) is 0 Å². The monoisotopic (exact) mass is 659 g/mol. The fourth-order valence-corrected chi connectivity index (χ4v) is 7.52. The average molecular weight is 660 g/mol. The summed E-state index contributed by atoms with van der Waals surface area (Å²) in [5, 5.41) is 3.36. The number of amides is 2. The summed E-state index contributed by atoms with van der Waals surface area (Å²) in [5.41, 5.74) is 1.77. The smallest absolute Gasteiger partial charge is 0.264 e. The van der Waals surface area contributed by atoms with Crippen LogP contribution in [0.15, 0.2) is 114 Å². The number of anilines is 1. The van der Waals surface area contributed by atoms with Gasteiger partial charge in [-0.3, -0.25) is 13.9 Å². The predicted octanol–water partition coefficient (Wildman–Crippen LogP) is 6.24. The van der Waals surface area contributed by atoms with Crippen molar-refractivity contribution in [1.29, 1.82) is 0 Å². The van der Waals surface area contributed by atoms with Crippen molar-refractivity contribution in [1.82, 2.24) is 10.2 Å². The quantitative estimate of drug-likeness (QED) is 0.183. The number of rotatable bonds is 13. The van der Waals surface area contributed by atoms with Gasteiger partial charge in [-0.2, -0.15) is 0 Å². The third-order valence-electron chi connectivity index (χ3n) is 8.19. The van der Waals surface area contributed by atoms with E-state index < -0.39 is 28.5 Å². The Kier molecular flexibility index (Phi) is 11.0. The first kappa shape index (κ1) is 33.0. The van der Waals surface area contributed by atoms with Crippen molar-refractivity contribution in [3.05, 3.63) is 125 Å². The van der Waals surface area contributed by atoms with Gasteiger partial charge in [0.05, 0.1) is 22.7 Å². The second-order valence-electron chi connectivity index (χ2n) is 11.3. The van der Waals surface area contributed by atoms with E-state index >= 15 is 0 Å². The second-order valence-corrected chi connectivity index (χ2v) is 13.6. The first-order valence-electron chi connectivity index (χ1n) is 15.4. The zero-order valence-electron chi connectivity index (χ0n) is 25.7. The maximum atomic E-state index is 14.6. The lowest BCUT2D eigenvalue weighted by Gasteiger charge is -2.34. The van der Waals surface area contributed by atoms with Crippen LogP contribution in [-0.4, -0.2) is 50.9 Å². The van der Waals surface area contributed by atoms with Gasteiger partial charge in [0.2, 0.25) is 11.8 Å². The molecule has 240 valence electrons. The van der Waals surface area contributed by atoms with Gasteiger partial charge in [0.15, 0.2) is 0 Å². The molecule has 1 atom stereocenters. The minimum atomic E-state index is -4.23. The van der Waals surface area contributed by atoms with Crippen LogP contribution in [0.4, 0.5) is 5.69 Å². The van der Waals surface area contributed by atoms with E-state index in [1.807, 2.05) is 42.5 Å². The zero-order valence-corrected chi connectivity index (χ0v) is 27.3. The van der Waals surface area contributed by atoms with E-state index in [0.717, 1.165) is 41.1 Å². The number of nitrogens with zero attached hydrogens (tertiary/aromatic N) is 2. The lowest BCUT2D eigenvalue weighted by molar-refractivity contribution is -0.140. The third-order valence-corrected chi connectivity index (χ3v) is 10.3. The van der Waals surface area contributed by atoms with Gasteiger partial charge in [-0.05, 0) is 60.4 Å². The fourth-order valence-electron chi connectivity index (χ4n) is 5.78. The van der Waals surface area contributed by atoms with Crippen LogP contribution in [0.3, 0.4) is 0 Å². The van der Waals surface area contributed by atoms with Crippen molar-refractivity contribution in [2.24, 2.45) is 0 Å². The van der Waals surface area contributed by atoms with Crippen molar-refractivity contribution in [3.8, 4) is 5.75 Å². The van der Waals surface area contributed by atoms with E-state index in [1.54, 1.807) is 61.7 Å². The van der Waals surface area contributed by atoms with Gasteiger partial charge in [0.1, 0.15) is 18.3 Å². The molecule has 1 fully saturated rings. The van der Waals surface area contributed by atoms with Gasteiger partial charge in [0, 0.05) is 19.0 Å². The first-order chi connectivity index (χ1) is 22.3. The van der Waals surface area contributed by atoms with Crippen LogP contribution in [0, 0.1) is 0 Å². The van der Waals surface area contributed by atoms with E-state index in [0.29, 0.717) is 5.75 Å². The molecule has 5 rings (SSSR count). The molecule has 0 bridgehead atoms. The van der Waals surface area contributed by atoms with E-state index in [2.05, 4.69) is 5.32 Å². The van der Waals surface area contributed by atoms with Crippen molar-refractivity contribution in [2.45, 2.75) is 55.6 Å². The molecule has 1 aliphatic rings. The van der Waals surface area contributed by atoms with Crippen LogP contribution in [0.2, 0.25) is 5.02 Å². The molecule has 1 unspecified atom stereocenters. The van der Waals surface area contributed by atoms with Gasteiger partial charge in [0.25, 0.3) is 10.0 Å². The highest BCUT2D eigenvalue weighted by Crippen LogP contribution is 2.31.